The second-order valence-corrected chi connectivity index (χ2v) is 14.4. The summed E-state index contributed by atoms with van der Waals surface area (Å²) in [5, 5.41) is 0. The molecule has 0 saturated carbocycles. The molecule has 0 aliphatic heterocycles. The number of hydrogen-bond donors (Lipinski definition) is 0. The minimum atomic E-state index is -0.381. The molecular formula is C44H80O5. The molecule has 5 nitrogen and oxygen atoms in total. The van der Waals surface area contributed by atoms with Crippen LogP contribution in [0.2, 0.25) is 0 Å². The van der Waals surface area contributed by atoms with Crippen LogP contribution in [-0.2, 0) is 4.74 Å². The number of methoxy groups -OCH3 is 1. The fraction of sp³-hybridized carbons (Fsp3) is 0.841. The van der Waals surface area contributed by atoms with Gasteiger partial charge < -0.3 is 18.9 Å². The van der Waals surface area contributed by atoms with E-state index >= 15 is 0 Å². The molecule has 5 heteroatoms. The molecule has 0 N–H and O–H groups in total. The second-order valence-electron chi connectivity index (χ2n) is 14.4. The van der Waals surface area contributed by atoms with Gasteiger partial charge in [-0.2, -0.15) is 0 Å². The van der Waals surface area contributed by atoms with Crippen LogP contribution in [0.4, 0.5) is 0 Å². The van der Waals surface area contributed by atoms with E-state index in [0.29, 0.717) is 42.6 Å². The topological polar surface area (TPSA) is 54.0 Å². The molecule has 0 amide bonds. The fourth-order valence-corrected chi connectivity index (χ4v) is 6.48. The number of rotatable bonds is 37. The maximum atomic E-state index is 12.6. The number of hydrogen-bond acceptors (Lipinski definition) is 5. The number of carbonyl (C=O) groups excluding carboxylic acids is 1. The van der Waals surface area contributed by atoms with E-state index in [1.807, 2.05) is 0 Å². The zero-order valence-corrected chi connectivity index (χ0v) is 33.0. The van der Waals surface area contributed by atoms with Gasteiger partial charge >= 0.3 is 5.97 Å². The third-order valence-electron chi connectivity index (χ3n) is 9.70. The Labute approximate surface area is 304 Å². The number of carbonyl (C=O) groups is 1. The Hall–Kier alpha value is -1.91. The van der Waals surface area contributed by atoms with Crippen molar-refractivity contribution in [3.63, 3.8) is 0 Å². The van der Waals surface area contributed by atoms with Crippen molar-refractivity contribution in [1.82, 2.24) is 0 Å². The average Bonchev–Trinajstić information content (AvgIpc) is 3.11. The van der Waals surface area contributed by atoms with E-state index in [4.69, 9.17) is 18.9 Å². The molecule has 49 heavy (non-hydrogen) atoms. The smallest absolute Gasteiger partial charge is 0.338 e. The van der Waals surface area contributed by atoms with Gasteiger partial charge in [0, 0.05) is 0 Å². The summed E-state index contributed by atoms with van der Waals surface area (Å²) in [5.41, 5.74) is 0.449. The summed E-state index contributed by atoms with van der Waals surface area (Å²) in [6.45, 7) is 8.65. The highest BCUT2D eigenvalue weighted by molar-refractivity contribution is 5.91. The highest BCUT2D eigenvalue weighted by Crippen LogP contribution is 2.40. The van der Waals surface area contributed by atoms with Gasteiger partial charge in [-0.25, -0.2) is 4.79 Å². The summed E-state index contributed by atoms with van der Waals surface area (Å²) in [7, 11) is 1.42. The summed E-state index contributed by atoms with van der Waals surface area (Å²) in [4.78, 5) is 12.6. The molecule has 0 fully saturated rings. The molecule has 0 atom stereocenters. The Kier molecular flexibility index (Phi) is 31.8. The van der Waals surface area contributed by atoms with E-state index < -0.39 is 0 Å². The molecule has 1 rings (SSSR count). The number of ether oxygens (including phenoxy) is 4. The van der Waals surface area contributed by atoms with Crippen molar-refractivity contribution >= 4 is 5.97 Å². The highest BCUT2D eigenvalue weighted by atomic mass is 16.5. The minimum absolute atomic E-state index is 0.381. The van der Waals surface area contributed by atoms with Gasteiger partial charge in [-0.05, 0) is 31.4 Å². The zero-order valence-electron chi connectivity index (χ0n) is 33.0. The number of benzene rings is 1. The molecule has 0 spiro atoms. The lowest BCUT2D eigenvalue weighted by molar-refractivity contribution is 0.0599. The minimum Gasteiger partial charge on any atom is -0.490 e. The van der Waals surface area contributed by atoms with Crippen LogP contribution in [0, 0.1) is 0 Å². The van der Waals surface area contributed by atoms with Gasteiger partial charge in [0.25, 0.3) is 0 Å². The summed E-state index contributed by atoms with van der Waals surface area (Å²) in [5.74, 6) is 1.46. The van der Waals surface area contributed by atoms with E-state index in [9.17, 15) is 4.79 Å². The average molecular weight is 689 g/mol. The molecular weight excluding hydrogens is 608 g/mol. The monoisotopic (exact) mass is 689 g/mol. The van der Waals surface area contributed by atoms with E-state index in [-0.39, 0.29) is 5.97 Å². The van der Waals surface area contributed by atoms with Crippen molar-refractivity contribution in [3.8, 4) is 17.2 Å². The number of esters is 1. The first-order valence-electron chi connectivity index (χ1n) is 21.3. The molecule has 0 bridgehead atoms. The van der Waals surface area contributed by atoms with Crippen LogP contribution in [0.25, 0.3) is 0 Å². The summed E-state index contributed by atoms with van der Waals surface area (Å²) < 4.78 is 24.2. The van der Waals surface area contributed by atoms with Crippen LogP contribution in [0.3, 0.4) is 0 Å². The Morgan fingerprint density at radius 1 is 0.408 bits per heavy atom. The maximum absolute atomic E-state index is 12.6. The van der Waals surface area contributed by atoms with Crippen molar-refractivity contribution in [1.29, 1.82) is 0 Å². The van der Waals surface area contributed by atoms with Crippen LogP contribution in [0.5, 0.6) is 17.2 Å². The zero-order chi connectivity index (χ0) is 35.5. The number of unbranched alkanes of at least 4 members (excludes halogenated alkanes) is 27. The first-order chi connectivity index (χ1) is 24.2. The molecule has 286 valence electrons. The van der Waals surface area contributed by atoms with E-state index in [1.54, 1.807) is 12.1 Å². The summed E-state index contributed by atoms with van der Waals surface area (Å²) in [6.07, 6.45) is 38.5. The first kappa shape index (κ1) is 45.1. The Bertz CT molecular complexity index is 822. The summed E-state index contributed by atoms with van der Waals surface area (Å²) >= 11 is 0. The van der Waals surface area contributed by atoms with Crippen molar-refractivity contribution in [2.75, 3.05) is 26.9 Å². The predicted octanol–water partition coefficient (Wildman–Crippen LogP) is 14.4. The third-order valence-corrected chi connectivity index (χ3v) is 9.70. The molecule has 1 aromatic rings. The first-order valence-corrected chi connectivity index (χ1v) is 21.3. The van der Waals surface area contributed by atoms with Crippen molar-refractivity contribution in [2.24, 2.45) is 0 Å². The van der Waals surface area contributed by atoms with Gasteiger partial charge in [-0.15, -0.1) is 0 Å². The molecule has 0 heterocycles. The van der Waals surface area contributed by atoms with Gasteiger partial charge in [0.15, 0.2) is 11.5 Å². The standard InChI is InChI=1S/C44H80O5/c1-5-8-11-14-17-20-23-26-29-32-35-47-41-38-40(44(45)46-4)39-42(48-36-33-30-27-24-21-18-15-12-9-6-2)43(41)49-37-34-31-28-25-22-19-16-13-10-7-3/h38-39H,5-37H2,1-4H3. The van der Waals surface area contributed by atoms with Gasteiger partial charge in [-0.1, -0.05) is 194 Å². The van der Waals surface area contributed by atoms with Crippen LogP contribution in [-0.4, -0.2) is 32.9 Å². The highest BCUT2D eigenvalue weighted by Gasteiger charge is 2.19. The Balaban J connectivity index is 2.67. The lowest BCUT2D eigenvalue weighted by Gasteiger charge is -2.18. The van der Waals surface area contributed by atoms with E-state index in [1.165, 1.54) is 168 Å². The molecule has 0 aromatic heterocycles. The van der Waals surface area contributed by atoms with Gasteiger partial charge in [0.05, 0.1) is 32.5 Å². The normalized spacial score (nSPS) is 11.2. The Morgan fingerprint density at radius 3 is 0.959 bits per heavy atom. The SMILES string of the molecule is CCCCCCCCCCCCOc1cc(C(=O)OC)cc(OCCCCCCCCCCCC)c1OCCCCCCCCCCCC. The van der Waals surface area contributed by atoms with Crippen LogP contribution in [0.1, 0.15) is 224 Å². The van der Waals surface area contributed by atoms with Gasteiger partial charge in [-0.3, -0.25) is 0 Å². The Morgan fingerprint density at radius 2 is 0.673 bits per heavy atom. The largest absolute Gasteiger partial charge is 0.490 e. The van der Waals surface area contributed by atoms with Gasteiger partial charge in [0.1, 0.15) is 0 Å². The molecule has 0 unspecified atom stereocenters. The molecule has 1 aromatic carbocycles. The molecule has 0 aliphatic carbocycles. The second kappa shape index (κ2) is 34.5. The summed E-state index contributed by atoms with van der Waals surface area (Å²) in [6, 6.07) is 3.56. The van der Waals surface area contributed by atoms with Crippen LogP contribution >= 0.6 is 0 Å². The maximum Gasteiger partial charge on any atom is 0.338 e. The molecule has 0 saturated heterocycles. The van der Waals surface area contributed by atoms with E-state index in [0.717, 1.165) is 32.1 Å². The third kappa shape index (κ3) is 25.7. The van der Waals surface area contributed by atoms with E-state index in [2.05, 4.69) is 20.8 Å². The van der Waals surface area contributed by atoms with Crippen LogP contribution < -0.4 is 14.2 Å². The lowest BCUT2D eigenvalue weighted by Crippen LogP contribution is -2.09. The molecule has 0 radical (unpaired) electrons. The van der Waals surface area contributed by atoms with Crippen molar-refractivity contribution < 1.29 is 23.7 Å². The predicted molar refractivity (Wildman–Crippen MR) is 210 cm³/mol. The van der Waals surface area contributed by atoms with Crippen molar-refractivity contribution in [3.05, 3.63) is 17.7 Å². The quantitative estimate of drug-likeness (QED) is 0.0514. The fourth-order valence-electron chi connectivity index (χ4n) is 6.48. The van der Waals surface area contributed by atoms with Crippen molar-refractivity contribution in [2.45, 2.75) is 213 Å². The lowest BCUT2D eigenvalue weighted by atomic mass is 10.1. The molecule has 0 aliphatic rings. The van der Waals surface area contributed by atoms with Crippen LogP contribution in [0.15, 0.2) is 12.1 Å². The van der Waals surface area contributed by atoms with Gasteiger partial charge in [0.2, 0.25) is 5.75 Å².